The smallest absolute Gasteiger partial charge is 0.429 e. The van der Waals surface area contributed by atoms with E-state index in [2.05, 4.69) is 27.6 Å². The fourth-order valence-corrected chi connectivity index (χ4v) is 2.07. The zero-order valence-corrected chi connectivity index (χ0v) is 16.1. The van der Waals surface area contributed by atoms with E-state index in [1.807, 2.05) is 6.92 Å². The highest BCUT2D eigenvalue weighted by molar-refractivity contribution is 5.96. The molecule has 0 aliphatic carbocycles. The average molecular weight is 408 g/mol. The lowest BCUT2D eigenvalue weighted by Gasteiger charge is -2.06. The predicted octanol–water partition coefficient (Wildman–Crippen LogP) is 0.646. The zero-order chi connectivity index (χ0) is 21.6. The third-order valence-electron chi connectivity index (χ3n) is 3.54. The molecule has 0 bridgehead atoms. The van der Waals surface area contributed by atoms with Gasteiger partial charge in [0, 0.05) is 12.3 Å². The van der Waals surface area contributed by atoms with Crippen LogP contribution in [0.25, 0.3) is 0 Å². The van der Waals surface area contributed by atoms with Crippen LogP contribution in [-0.2, 0) is 22.6 Å². The molecule has 29 heavy (non-hydrogen) atoms. The summed E-state index contributed by atoms with van der Waals surface area (Å²) in [4.78, 5) is 35.5. The number of unbranched alkanes of at least 4 members (excludes halogenated alkanes) is 1. The minimum atomic E-state index is -1.05. The van der Waals surface area contributed by atoms with E-state index < -0.39 is 12.1 Å². The number of hydrogen-bond donors (Lipinski definition) is 4. The van der Waals surface area contributed by atoms with Gasteiger partial charge in [0.05, 0.1) is 16.8 Å². The van der Waals surface area contributed by atoms with Crippen LogP contribution in [0.1, 0.15) is 47.1 Å². The summed E-state index contributed by atoms with van der Waals surface area (Å²) in [6, 6.07) is 2.94. The van der Waals surface area contributed by atoms with E-state index in [-0.39, 0.29) is 12.2 Å². The fraction of sp³-hybridized carbons (Fsp3) is 0.353. The van der Waals surface area contributed by atoms with E-state index in [0.717, 1.165) is 30.5 Å². The van der Waals surface area contributed by atoms with Crippen molar-refractivity contribution in [1.82, 2.24) is 21.0 Å². The van der Waals surface area contributed by atoms with E-state index in [4.69, 9.17) is 19.9 Å². The summed E-state index contributed by atoms with van der Waals surface area (Å²) in [5, 5.41) is 4.05. The quantitative estimate of drug-likeness (QED) is 0.121. The summed E-state index contributed by atoms with van der Waals surface area (Å²) in [5.41, 5.74) is 5.33. The molecule has 6 N–H and O–H groups in total. The van der Waals surface area contributed by atoms with Crippen LogP contribution in [0.3, 0.4) is 0 Å². The second kappa shape index (κ2) is 12.8. The summed E-state index contributed by atoms with van der Waals surface area (Å²) < 4.78 is 15.2. The summed E-state index contributed by atoms with van der Waals surface area (Å²) in [6.07, 6.45) is 3.51. The maximum atomic E-state index is 11.6. The lowest BCUT2D eigenvalue weighted by molar-refractivity contribution is -0.109. The highest BCUT2D eigenvalue weighted by atomic mass is 16.6. The Bertz CT molecular complexity index is 792. The highest BCUT2D eigenvalue weighted by Gasteiger charge is 2.15. The van der Waals surface area contributed by atoms with Crippen LogP contribution >= 0.6 is 0 Å². The number of aryl methyl sites for hydroxylation is 2. The Hall–Kier alpha value is -3.51. The van der Waals surface area contributed by atoms with Crippen molar-refractivity contribution in [2.24, 2.45) is 11.7 Å². The van der Waals surface area contributed by atoms with Gasteiger partial charge in [-0.3, -0.25) is 15.6 Å². The number of esters is 1. The number of carbonyl (C=O) groups excluding carboxylic acids is 3. The number of nitrogens with two attached hydrogens (primary N) is 2. The molecule has 0 aromatic carbocycles. The zero-order valence-electron chi connectivity index (χ0n) is 16.1. The maximum Gasteiger partial charge on any atom is 0.429 e. The molecule has 0 fully saturated rings. The number of nitrogens with one attached hydrogen (secondary N) is 2. The van der Waals surface area contributed by atoms with E-state index in [1.54, 1.807) is 10.9 Å². The number of rotatable bonds is 8. The molecule has 0 saturated heterocycles. The van der Waals surface area contributed by atoms with Crippen LogP contribution in [0.15, 0.2) is 22.9 Å². The molecule has 0 radical (unpaired) electrons. The lowest BCUT2D eigenvalue weighted by atomic mass is 10.1. The predicted molar refractivity (Wildman–Crippen MR) is 99.9 cm³/mol. The Morgan fingerprint density at radius 1 is 1.31 bits per heavy atom. The van der Waals surface area contributed by atoms with Crippen molar-refractivity contribution in [3.05, 3.63) is 40.9 Å². The molecule has 0 aliphatic heterocycles. The number of hydrogen-bond acceptors (Lipinski definition) is 10. The van der Waals surface area contributed by atoms with E-state index in [9.17, 15) is 9.59 Å². The monoisotopic (exact) mass is 408 g/mol. The van der Waals surface area contributed by atoms with Crippen molar-refractivity contribution in [3.63, 3.8) is 0 Å². The molecule has 158 valence electrons. The van der Waals surface area contributed by atoms with Gasteiger partial charge in [0.15, 0.2) is 0 Å². The fourth-order valence-electron chi connectivity index (χ4n) is 2.07. The van der Waals surface area contributed by atoms with Crippen LogP contribution in [-0.4, -0.2) is 28.6 Å². The summed E-state index contributed by atoms with van der Waals surface area (Å²) in [5.74, 6) is 9.41. The SMILES string of the molecule is CCCCc1noc(C)c1COc1ccc(C(=O)OC(=O)NN)cn1.NNC=O. The molecule has 2 heterocycles. The standard InChI is InChI=1S/C16H20N4O5.CH4N2O/c1-3-4-5-13-12(10(2)25-20-13)9-23-14-7-6-11(8-18-14)15(21)24-16(22)19-17;2-3-1-4/h6-8H,3-5,9,17H2,1-2H3,(H,19,22);1H,2H2,(H,3,4). The second-order valence-corrected chi connectivity index (χ2v) is 5.55. The van der Waals surface area contributed by atoms with Crippen molar-refractivity contribution < 1.29 is 28.4 Å². The molecule has 2 amide bonds. The van der Waals surface area contributed by atoms with Gasteiger partial charge in [-0.2, -0.15) is 0 Å². The Kier molecular flexibility index (Phi) is 10.4. The van der Waals surface area contributed by atoms with Crippen molar-refractivity contribution in [2.75, 3.05) is 0 Å². The molecule has 0 unspecified atom stereocenters. The highest BCUT2D eigenvalue weighted by Crippen LogP contribution is 2.18. The van der Waals surface area contributed by atoms with Crippen molar-refractivity contribution in [1.29, 1.82) is 0 Å². The largest absolute Gasteiger partial charge is 0.473 e. The molecule has 2 rings (SSSR count). The van der Waals surface area contributed by atoms with Crippen LogP contribution in [0.2, 0.25) is 0 Å². The maximum absolute atomic E-state index is 11.6. The number of amides is 2. The van der Waals surface area contributed by atoms with E-state index >= 15 is 0 Å². The second-order valence-electron chi connectivity index (χ2n) is 5.55. The van der Waals surface area contributed by atoms with Gasteiger partial charge in [0.25, 0.3) is 0 Å². The molecule has 0 spiro atoms. The Balaban J connectivity index is 0.000000960. The third-order valence-corrected chi connectivity index (χ3v) is 3.54. The van der Waals surface area contributed by atoms with Gasteiger partial charge >= 0.3 is 12.1 Å². The number of nitrogens with zero attached hydrogens (tertiary/aromatic N) is 2. The van der Waals surface area contributed by atoms with Crippen LogP contribution in [0, 0.1) is 6.92 Å². The Morgan fingerprint density at radius 2 is 2.03 bits per heavy atom. The normalized spacial score (nSPS) is 9.66. The summed E-state index contributed by atoms with van der Waals surface area (Å²) >= 11 is 0. The van der Waals surface area contributed by atoms with Crippen LogP contribution < -0.4 is 27.3 Å². The van der Waals surface area contributed by atoms with E-state index in [1.165, 1.54) is 18.3 Å². The van der Waals surface area contributed by atoms with Crippen LogP contribution in [0.4, 0.5) is 4.79 Å². The molecular weight excluding hydrogens is 384 g/mol. The van der Waals surface area contributed by atoms with Gasteiger partial charge in [0.1, 0.15) is 12.4 Å². The minimum Gasteiger partial charge on any atom is -0.473 e. The molecular formula is C17H24N6O6. The molecule has 0 saturated carbocycles. The first kappa shape index (κ1) is 23.5. The number of aromatic nitrogens is 2. The van der Waals surface area contributed by atoms with Crippen molar-refractivity contribution >= 4 is 18.5 Å². The first-order valence-corrected chi connectivity index (χ1v) is 8.62. The number of hydrazine groups is 2. The molecule has 0 atom stereocenters. The molecule has 2 aromatic heterocycles. The van der Waals surface area contributed by atoms with Crippen LogP contribution in [0.5, 0.6) is 5.88 Å². The van der Waals surface area contributed by atoms with E-state index in [0.29, 0.717) is 18.1 Å². The number of ether oxygens (including phenoxy) is 2. The molecule has 12 heteroatoms. The van der Waals surface area contributed by atoms with Gasteiger partial charge in [-0.15, -0.1) is 0 Å². The Labute approximate surface area is 166 Å². The lowest BCUT2D eigenvalue weighted by Crippen LogP contribution is -2.32. The Morgan fingerprint density at radius 3 is 2.59 bits per heavy atom. The molecule has 12 nitrogen and oxygen atoms in total. The average Bonchev–Trinajstić information content (AvgIpc) is 3.10. The number of carbonyl (C=O) groups is 3. The number of pyridine rings is 1. The van der Waals surface area contributed by atoms with Gasteiger partial charge in [0.2, 0.25) is 12.3 Å². The van der Waals surface area contributed by atoms with Gasteiger partial charge in [-0.1, -0.05) is 18.5 Å². The summed E-state index contributed by atoms with van der Waals surface area (Å²) in [7, 11) is 0. The third kappa shape index (κ3) is 7.94. The molecule has 2 aromatic rings. The summed E-state index contributed by atoms with van der Waals surface area (Å²) in [6.45, 7) is 4.20. The van der Waals surface area contributed by atoms with Gasteiger partial charge < -0.3 is 14.0 Å². The first-order chi connectivity index (χ1) is 14.0. The topological polar surface area (TPSA) is 185 Å². The molecule has 0 aliphatic rings. The van der Waals surface area contributed by atoms with Crippen molar-refractivity contribution in [2.45, 2.75) is 39.7 Å². The first-order valence-electron chi connectivity index (χ1n) is 8.62. The van der Waals surface area contributed by atoms with Gasteiger partial charge in [-0.25, -0.2) is 26.3 Å². The van der Waals surface area contributed by atoms with Crippen molar-refractivity contribution in [3.8, 4) is 5.88 Å². The minimum absolute atomic E-state index is 0.0979. The van der Waals surface area contributed by atoms with Gasteiger partial charge in [-0.05, 0) is 25.8 Å².